The predicted molar refractivity (Wildman–Crippen MR) is 78.2 cm³/mol. The van der Waals surface area contributed by atoms with E-state index in [0.29, 0.717) is 19.2 Å². The van der Waals surface area contributed by atoms with Crippen LogP contribution >= 0.6 is 0 Å². The van der Waals surface area contributed by atoms with Crippen molar-refractivity contribution in [2.24, 2.45) is 0 Å². The van der Waals surface area contributed by atoms with Crippen LogP contribution in [0.5, 0.6) is 0 Å². The van der Waals surface area contributed by atoms with Crippen molar-refractivity contribution >= 4 is 5.91 Å². The monoisotopic (exact) mass is 270 g/mol. The van der Waals surface area contributed by atoms with Gasteiger partial charge in [0.1, 0.15) is 0 Å². The molecule has 1 aliphatic heterocycles. The molecule has 1 N–H and O–H groups in total. The van der Waals surface area contributed by atoms with E-state index in [0.717, 1.165) is 32.2 Å². The highest BCUT2D eigenvalue weighted by molar-refractivity contribution is 5.86. The summed E-state index contributed by atoms with van der Waals surface area (Å²) in [5, 5.41) is 3.42. The molecule has 1 aliphatic rings. The van der Waals surface area contributed by atoms with E-state index in [1.807, 2.05) is 4.90 Å². The van der Waals surface area contributed by atoms with Crippen LogP contribution in [0, 0.1) is 0 Å². The summed E-state index contributed by atoms with van der Waals surface area (Å²) >= 11 is 0. The van der Waals surface area contributed by atoms with Gasteiger partial charge in [-0.05, 0) is 45.6 Å². The molecule has 0 aromatic carbocycles. The van der Waals surface area contributed by atoms with Gasteiger partial charge in [-0.3, -0.25) is 4.79 Å². The Kier molecular flexibility index (Phi) is 6.80. The quantitative estimate of drug-likeness (QED) is 0.771. The normalized spacial score (nSPS) is 23.6. The third kappa shape index (κ3) is 4.18. The molecule has 1 saturated heterocycles. The molecule has 112 valence electrons. The molecule has 1 unspecified atom stereocenters. The number of methoxy groups -OCH3 is 1. The molecule has 1 atom stereocenters. The zero-order valence-electron chi connectivity index (χ0n) is 13.0. The molecule has 1 heterocycles. The number of amides is 1. The smallest absolute Gasteiger partial charge is 0.242 e. The molecule has 19 heavy (non-hydrogen) atoms. The Morgan fingerprint density at radius 1 is 1.37 bits per heavy atom. The molecule has 0 aromatic rings. The first-order chi connectivity index (χ1) is 9.09. The Bertz CT molecular complexity index is 271. The first kappa shape index (κ1) is 16.4. The fourth-order valence-corrected chi connectivity index (χ4v) is 2.92. The maximum atomic E-state index is 12.9. The van der Waals surface area contributed by atoms with E-state index in [1.165, 1.54) is 6.42 Å². The summed E-state index contributed by atoms with van der Waals surface area (Å²) in [7, 11) is 1.69. The van der Waals surface area contributed by atoms with Gasteiger partial charge in [-0.15, -0.1) is 0 Å². The van der Waals surface area contributed by atoms with Crippen LogP contribution in [0.1, 0.15) is 52.9 Å². The first-order valence-electron chi connectivity index (χ1n) is 7.64. The average Bonchev–Trinajstić information content (AvgIpc) is 2.43. The number of piperidine rings is 1. The van der Waals surface area contributed by atoms with Gasteiger partial charge in [0.2, 0.25) is 5.91 Å². The Morgan fingerprint density at radius 3 is 2.53 bits per heavy atom. The number of carbonyl (C=O) groups excluding carboxylic acids is 1. The number of nitrogens with zero attached hydrogens (tertiary/aromatic N) is 1. The van der Waals surface area contributed by atoms with Crippen LogP contribution in [0.25, 0.3) is 0 Å². The van der Waals surface area contributed by atoms with Crippen molar-refractivity contribution in [1.29, 1.82) is 0 Å². The molecule has 0 spiro atoms. The van der Waals surface area contributed by atoms with E-state index in [2.05, 4.69) is 26.1 Å². The van der Waals surface area contributed by atoms with Gasteiger partial charge in [0.05, 0.1) is 12.1 Å². The van der Waals surface area contributed by atoms with Gasteiger partial charge in [0.15, 0.2) is 0 Å². The van der Waals surface area contributed by atoms with Gasteiger partial charge in [-0.2, -0.15) is 0 Å². The molecule has 4 heteroatoms. The minimum Gasteiger partial charge on any atom is -0.383 e. The summed E-state index contributed by atoms with van der Waals surface area (Å²) in [6.07, 6.45) is 5.25. The Hall–Kier alpha value is -0.610. The fraction of sp³-hybridized carbons (Fsp3) is 0.933. The maximum Gasteiger partial charge on any atom is 0.242 e. The SMILES string of the molecule is CCC(CC)N(CCOC)C(=O)C1(C)CCCCN1. The molecular formula is C15H30N2O2. The molecular weight excluding hydrogens is 240 g/mol. The number of hydrogen-bond acceptors (Lipinski definition) is 3. The van der Waals surface area contributed by atoms with Crippen molar-refractivity contribution in [3.05, 3.63) is 0 Å². The first-order valence-corrected chi connectivity index (χ1v) is 7.64. The second-order valence-corrected chi connectivity index (χ2v) is 5.68. The van der Waals surface area contributed by atoms with Crippen molar-refractivity contribution in [2.75, 3.05) is 26.8 Å². The van der Waals surface area contributed by atoms with Crippen molar-refractivity contribution in [1.82, 2.24) is 10.2 Å². The van der Waals surface area contributed by atoms with E-state index in [-0.39, 0.29) is 11.4 Å². The van der Waals surface area contributed by atoms with E-state index >= 15 is 0 Å². The van der Waals surface area contributed by atoms with Crippen molar-refractivity contribution in [3.63, 3.8) is 0 Å². The molecule has 4 nitrogen and oxygen atoms in total. The predicted octanol–water partition coefficient (Wildman–Crippen LogP) is 2.18. The van der Waals surface area contributed by atoms with E-state index in [1.54, 1.807) is 7.11 Å². The number of ether oxygens (including phenoxy) is 1. The second kappa shape index (κ2) is 7.85. The maximum absolute atomic E-state index is 12.9. The minimum atomic E-state index is -0.380. The fourth-order valence-electron chi connectivity index (χ4n) is 2.92. The summed E-state index contributed by atoms with van der Waals surface area (Å²) in [5.41, 5.74) is -0.380. The van der Waals surface area contributed by atoms with Crippen LogP contribution in [0.4, 0.5) is 0 Å². The highest BCUT2D eigenvalue weighted by Gasteiger charge is 2.38. The molecule has 1 fully saturated rings. The number of carbonyl (C=O) groups is 1. The van der Waals surface area contributed by atoms with Crippen LogP contribution in [0.2, 0.25) is 0 Å². The molecule has 1 amide bonds. The van der Waals surface area contributed by atoms with Gasteiger partial charge in [0, 0.05) is 19.7 Å². The van der Waals surface area contributed by atoms with Crippen LogP contribution in [-0.2, 0) is 9.53 Å². The van der Waals surface area contributed by atoms with Crippen molar-refractivity contribution < 1.29 is 9.53 Å². The molecule has 0 aliphatic carbocycles. The lowest BCUT2D eigenvalue weighted by Gasteiger charge is -2.41. The van der Waals surface area contributed by atoms with Crippen LogP contribution in [-0.4, -0.2) is 49.2 Å². The van der Waals surface area contributed by atoms with Crippen LogP contribution in [0.3, 0.4) is 0 Å². The Balaban J connectivity index is 2.79. The third-order valence-corrected chi connectivity index (χ3v) is 4.27. The van der Waals surface area contributed by atoms with E-state index in [9.17, 15) is 4.79 Å². The zero-order chi connectivity index (χ0) is 14.3. The van der Waals surface area contributed by atoms with Gasteiger partial charge < -0.3 is 15.0 Å². The highest BCUT2D eigenvalue weighted by Crippen LogP contribution is 2.23. The molecule has 0 aromatic heterocycles. The molecule has 0 saturated carbocycles. The van der Waals surface area contributed by atoms with Crippen molar-refractivity contribution in [3.8, 4) is 0 Å². The van der Waals surface area contributed by atoms with Crippen LogP contribution < -0.4 is 5.32 Å². The number of hydrogen-bond donors (Lipinski definition) is 1. The summed E-state index contributed by atoms with van der Waals surface area (Å²) in [6.45, 7) is 8.60. The lowest BCUT2D eigenvalue weighted by molar-refractivity contribution is -0.142. The summed E-state index contributed by atoms with van der Waals surface area (Å²) < 4.78 is 5.17. The summed E-state index contributed by atoms with van der Waals surface area (Å²) in [6, 6.07) is 0.322. The lowest BCUT2D eigenvalue weighted by Crippen LogP contribution is -2.60. The lowest BCUT2D eigenvalue weighted by atomic mass is 9.88. The topological polar surface area (TPSA) is 41.6 Å². The molecule has 0 bridgehead atoms. The van der Waals surface area contributed by atoms with Gasteiger partial charge >= 0.3 is 0 Å². The van der Waals surface area contributed by atoms with Gasteiger partial charge in [-0.25, -0.2) is 0 Å². The standard InChI is InChI=1S/C15H30N2O2/c1-5-13(6-2)17(11-12-19-4)14(18)15(3)9-7-8-10-16-15/h13,16H,5-12H2,1-4H3. The van der Waals surface area contributed by atoms with Gasteiger partial charge in [-0.1, -0.05) is 13.8 Å². The third-order valence-electron chi connectivity index (χ3n) is 4.27. The van der Waals surface area contributed by atoms with Crippen LogP contribution in [0.15, 0.2) is 0 Å². The largest absolute Gasteiger partial charge is 0.383 e. The zero-order valence-corrected chi connectivity index (χ0v) is 13.0. The second-order valence-electron chi connectivity index (χ2n) is 5.68. The molecule has 1 rings (SSSR count). The van der Waals surface area contributed by atoms with Crippen molar-refractivity contribution in [2.45, 2.75) is 64.5 Å². The summed E-state index contributed by atoms with van der Waals surface area (Å²) in [5.74, 6) is 0.248. The average molecular weight is 270 g/mol. The van der Waals surface area contributed by atoms with E-state index in [4.69, 9.17) is 4.74 Å². The summed E-state index contributed by atoms with van der Waals surface area (Å²) in [4.78, 5) is 14.9. The van der Waals surface area contributed by atoms with Gasteiger partial charge in [0.25, 0.3) is 0 Å². The Labute approximate surface area is 117 Å². The number of nitrogens with one attached hydrogen (secondary N) is 1. The molecule has 0 radical (unpaired) electrons. The minimum absolute atomic E-state index is 0.248. The van der Waals surface area contributed by atoms with E-state index < -0.39 is 0 Å². The number of rotatable bonds is 7. The Morgan fingerprint density at radius 2 is 2.05 bits per heavy atom. The highest BCUT2D eigenvalue weighted by atomic mass is 16.5.